The summed E-state index contributed by atoms with van der Waals surface area (Å²) in [7, 11) is -3.28. The molecule has 0 radical (unpaired) electrons. The Hall–Kier alpha value is -1.48. The van der Waals surface area contributed by atoms with Crippen LogP contribution >= 0.6 is 0 Å². The van der Waals surface area contributed by atoms with E-state index in [9.17, 15) is 8.42 Å². The number of ether oxygens (including phenoxy) is 1. The lowest BCUT2D eigenvalue weighted by Crippen LogP contribution is -2.47. The number of likely N-dealkylation sites (tertiary alicyclic amines) is 1. The Kier molecular flexibility index (Phi) is 7.83. The molecule has 0 aliphatic carbocycles. The molecule has 0 saturated carbocycles. The van der Waals surface area contributed by atoms with E-state index >= 15 is 0 Å². The zero-order valence-corrected chi connectivity index (χ0v) is 15.3. The summed E-state index contributed by atoms with van der Waals surface area (Å²) in [5, 5.41) is 7.30. The van der Waals surface area contributed by atoms with Crippen LogP contribution in [0.25, 0.3) is 0 Å². The van der Waals surface area contributed by atoms with Gasteiger partial charge in [-0.2, -0.15) is 0 Å². The third-order valence-corrected chi connectivity index (χ3v) is 5.66. The molecule has 1 fully saturated rings. The maximum absolute atomic E-state index is 12.2. The summed E-state index contributed by atoms with van der Waals surface area (Å²) >= 11 is 0. The van der Waals surface area contributed by atoms with Crippen LogP contribution in [0.4, 0.5) is 0 Å². The van der Waals surface area contributed by atoms with Crippen LogP contribution in [0.2, 0.25) is 0 Å². The third-order valence-electron chi connectivity index (χ3n) is 4.14. The number of piperidine rings is 1. The Morgan fingerprint density at radius 1 is 1.28 bits per heavy atom. The highest BCUT2D eigenvalue weighted by molar-refractivity contribution is 7.89. The summed E-state index contributed by atoms with van der Waals surface area (Å²) in [6.07, 6.45) is 1.97. The number of hydrogen-bond acceptors (Lipinski definition) is 5. The normalized spacial score (nSPS) is 16.8. The second kappa shape index (κ2) is 9.86. The van der Waals surface area contributed by atoms with Gasteiger partial charge in [0, 0.05) is 25.7 Å². The molecule has 4 N–H and O–H groups in total. The predicted molar refractivity (Wildman–Crippen MR) is 99.0 cm³/mol. The van der Waals surface area contributed by atoms with E-state index in [1.54, 1.807) is 0 Å². The van der Waals surface area contributed by atoms with Crippen molar-refractivity contribution in [3.8, 4) is 0 Å². The average molecular weight is 369 g/mol. The molecule has 1 aromatic carbocycles. The van der Waals surface area contributed by atoms with Gasteiger partial charge >= 0.3 is 0 Å². The highest BCUT2D eigenvalue weighted by Crippen LogP contribution is 2.11. The Morgan fingerprint density at radius 2 is 1.96 bits per heavy atom. The molecule has 140 valence electrons. The number of hydrogen-bond donors (Lipinski definition) is 3. The van der Waals surface area contributed by atoms with E-state index in [1.807, 2.05) is 30.3 Å². The molecule has 1 aliphatic heterocycles. The lowest BCUT2D eigenvalue weighted by Gasteiger charge is -2.31. The second-order valence-corrected chi connectivity index (χ2v) is 8.28. The molecular weight excluding hydrogens is 340 g/mol. The fraction of sp³-hybridized carbons (Fsp3) is 0.588. The first-order valence-electron chi connectivity index (χ1n) is 8.61. The molecule has 25 heavy (non-hydrogen) atoms. The lowest BCUT2D eigenvalue weighted by molar-refractivity contribution is 0.122. The number of sulfonamides is 1. The van der Waals surface area contributed by atoms with E-state index in [2.05, 4.69) is 9.62 Å². The highest BCUT2D eigenvalue weighted by Gasteiger charge is 2.23. The minimum absolute atomic E-state index is 0.0292. The molecule has 7 nitrogen and oxygen atoms in total. The maximum Gasteiger partial charge on any atom is 0.211 e. The SMILES string of the molecule is N=C(N)CN1CCC(NS(=O)(=O)CCCOCc2ccccc2)CC1. The smallest absolute Gasteiger partial charge is 0.211 e. The van der Waals surface area contributed by atoms with Gasteiger partial charge in [0.05, 0.1) is 18.9 Å². The van der Waals surface area contributed by atoms with Crippen LogP contribution in [0, 0.1) is 5.41 Å². The number of amidine groups is 1. The van der Waals surface area contributed by atoms with Crippen molar-refractivity contribution in [1.29, 1.82) is 5.41 Å². The van der Waals surface area contributed by atoms with Crippen LogP contribution in [-0.4, -0.2) is 57.2 Å². The minimum Gasteiger partial charge on any atom is -0.387 e. The summed E-state index contributed by atoms with van der Waals surface area (Å²) in [4.78, 5) is 2.07. The Bertz CT molecular complexity index is 629. The van der Waals surface area contributed by atoms with Crippen LogP contribution in [0.5, 0.6) is 0 Å². The molecule has 0 spiro atoms. The van der Waals surface area contributed by atoms with Crippen molar-refractivity contribution >= 4 is 15.9 Å². The predicted octanol–water partition coefficient (Wildman–Crippen LogP) is 0.913. The number of nitrogens with zero attached hydrogens (tertiary/aromatic N) is 1. The molecule has 2 rings (SSSR count). The maximum atomic E-state index is 12.2. The zero-order valence-electron chi connectivity index (χ0n) is 14.5. The zero-order chi connectivity index (χ0) is 18.1. The first-order valence-corrected chi connectivity index (χ1v) is 10.3. The Balaban J connectivity index is 1.61. The van der Waals surface area contributed by atoms with Crippen LogP contribution in [0.1, 0.15) is 24.8 Å². The largest absolute Gasteiger partial charge is 0.387 e. The summed E-state index contributed by atoms with van der Waals surface area (Å²) in [6.45, 7) is 2.90. The molecule has 1 saturated heterocycles. The topological polar surface area (TPSA) is 109 Å². The van der Waals surface area contributed by atoms with Gasteiger partial charge in [0.25, 0.3) is 0 Å². The number of benzene rings is 1. The molecule has 1 aliphatic rings. The van der Waals surface area contributed by atoms with Crippen molar-refractivity contribution in [3.63, 3.8) is 0 Å². The van der Waals surface area contributed by atoms with Crippen molar-refractivity contribution in [1.82, 2.24) is 9.62 Å². The standard InChI is InChI=1S/C17H28N4O3S/c18-17(19)13-21-9-7-16(8-10-21)20-25(22,23)12-4-11-24-14-15-5-2-1-3-6-15/h1-3,5-6,16,20H,4,7-14H2,(H3,18,19). The molecule has 1 heterocycles. The van der Waals surface area contributed by atoms with Gasteiger partial charge in [-0.3, -0.25) is 10.3 Å². The van der Waals surface area contributed by atoms with Crippen LogP contribution in [0.3, 0.4) is 0 Å². The van der Waals surface area contributed by atoms with Crippen LogP contribution in [-0.2, 0) is 21.4 Å². The van der Waals surface area contributed by atoms with E-state index in [4.69, 9.17) is 15.9 Å². The monoisotopic (exact) mass is 368 g/mol. The summed E-state index contributed by atoms with van der Waals surface area (Å²) in [6, 6.07) is 9.79. The summed E-state index contributed by atoms with van der Waals surface area (Å²) in [5.74, 6) is 0.227. The van der Waals surface area contributed by atoms with Crippen molar-refractivity contribution in [2.45, 2.75) is 31.9 Å². The van der Waals surface area contributed by atoms with Gasteiger partial charge in [-0.05, 0) is 24.8 Å². The van der Waals surface area contributed by atoms with E-state index in [-0.39, 0.29) is 17.6 Å². The van der Waals surface area contributed by atoms with E-state index in [0.29, 0.717) is 26.2 Å². The molecule has 0 unspecified atom stereocenters. The Labute approximate surface area is 150 Å². The molecule has 0 atom stereocenters. The quantitative estimate of drug-likeness (QED) is 0.323. The molecule has 0 amide bonds. The van der Waals surface area contributed by atoms with Gasteiger partial charge in [0.15, 0.2) is 0 Å². The van der Waals surface area contributed by atoms with Gasteiger partial charge in [-0.25, -0.2) is 13.1 Å². The molecule has 8 heteroatoms. The fourth-order valence-electron chi connectivity index (χ4n) is 2.88. The Morgan fingerprint density at radius 3 is 2.60 bits per heavy atom. The molecule has 1 aromatic rings. The van der Waals surface area contributed by atoms with Gasteiger partial charge < -0.3 is 10.5 Å². The van der Waals surface area contributed by atoms with Gasteiger partial charge in [-0.1, -0.05) is 30.3 Å². The van der Waals surface area contributed by atoms with Crippen molar-refractivity contribution < 1.29 is 13.2 Å². The number of nitrogens with one attached hydrogen (secondary N) is 2. The van der Waals surface area contributed by atoms with Crippen molar-refractivity contribution in [3.05, 3.63) is 35.9 Å². The summed E-state index contributed by atoms with van der Waals surface area (Å²) in [5.41, 5.74) is 6.48. The van der Waals surface area contributed by atoms with Gasteiger partial charge in [0.1, 0.15) is 5.84 Å². The summed E-state index contributed by atoms with van der Waals surface area (Å²) < 4.78 is 32.6. The van der Waals surface area contributed by atoms with Gasteiger partial charge in [-0.15, -0.1) is 0 Å². The van der Waals surface area contributed by atoms with Crippen molar-refractivity contribution in [2.24, 2.45) is 5.73 Å². The van der Waals surface area contributed by atoms with Crippen LogP contribution < -0.4 is 10.5 Å². The first kappa shape index (κ1) is 19.8. The van der Waals surface area contributed by atoms with Gasteiger partial charge in [0.2, 0.25) is 10.0 Å². The van der Waals surface area contributed by atoms with Crippen molar-refractivity contribution in [2.75, 3.05) is 32.0 Å². The molecule has 0 bridgehead atoms. The lowest BCUT2D eigenvalue weighted by atomic mass is 10.1. The molecule has 0 aromatic heterocycles. The third kappa shape index (κ3) is 7.96. The van der Waals surface area contributed by atoms with Crippen LogP contribution in [0.15, 0.2) is 30.3 Å². The van der Waals surface area contributed by atoms with E-state index in [0.717, 1.165) is 31.5 Å². The highest BCUT2D eigenvalue weighted by atomic mass is 32.2. The molecular formula is C17H28N4O3S. The second-order valence-electron chi connectivity index (χ2n) is 6.40. The fourth-order valence-corrected chi connectivity index (χ4v) is 4.24. The average Bonchev–Trinajstić information content (AvgIpc) is 2.56. The number of nitrogens with two attached hydrogens (primary N) is 1. The van der Waals surface area contributed by atoms with E-state index in [1.165, 1.54) is 0 Å². The first-order chi connectivity index (χ1) is 11.9. The number of rotatable bonds is 10. The van der Waals surface area contributed by atoms with E-state index < -0.39 is 10.0 Å². The minimum atomic E-state index is -3.28.